The molecule has 1 aliphatic carbocycles. The van der Waals surface area contributed by atoms with E-state index in [-0.39, 0.29) is 35.6 Å². The number of fused-ring (bicyclic) bond motifs is 1. The van der Waals surface area contributed by atoms with Crippen LogP contribution in [0.1, 0.15) is 62.4 Å². The molecule has 2 aromatic carbocycles. The molecule has 4 rings (SSSR count). The lowest BCUT2D eigenvalue weighted by Crippen LogP contribution is -2.67. The molecule has 186 valence electrons. The van der Waals surface area contributed by atoms with Crippen molar-refractivity contribution in [2.24, 2.45) is 11.8 Å². The van der Waals surface area contributed by atoms with Gasteiger partial charge in [0.05, 0.1) is 0 Å². The molecule has 2 aromatic rings. The van der Waals surface area contributed by atoms with E-state index < -0.39 is 18.1 Å². The molecule has 0 bridgehead atoms. The topological polar surface area (TPSA) is 78.5 Å². The molecule has 0 unspecified atom stereocenters. The smallest absolute Gasteiger partial charge is 0.247 e. The molecule has 0 radical (unpaired) electrons. The van der Waals surface area contributed by atoms with Gasteiger partial charge in [-0.25, -0.2) is 0 Å². The minimum Gasteiger partial charge on any atom is -0.352 e. The van der Waals surface area contributed by atoms with E-state index in [4.69, 9.17) is 0 Å². The number of aryl methyl sites for hydroxylation is 1. The Morgan fingerprint density at radius 3 is 2.14 bits per heavy atom. The van der Waals surface area contributed by atoms with Crippen LogP contribution < -0.4 is 10.6 Å². The molecule has 3 atom stereocenters. The zero-order chi connectivity index (χ0) is 25.3. The third-order valence-corrected chi connectivity index (χ3v) is 7.06. The van der Waals surface area contributed by atoms with Gasteiger partial charge in [-0.3, -0.25) is 14.4 Å². The summed E-state index contributed by atoms with van der Waals surface area (Å²) >= 11 is 0. The van der Waals surface area contributed by atoms with Crippen LogP contribution in [-0.2, 0) is 27.2 Å². The third kappa shape index (κ3) is 5.26. The highest BCUT2D eigenvalue weighted by molar-refractivity contribution is 6.00. The van der Waals surface area contributed by atoms with Gasteiger partial charge in [-0.1, -0.05) is 67.9 Å². The molecule has 0 spiro atoms. The van der Waals surface area contributed by atoms with Crippen LogP contribution in [0.5, 0.6) is 0 Å². The number of hydrogen-bond donors (Lipinski definition) is 2. The maximum Gasteiger partial charge on any atom is 0.247 e. The third-order valence-electron chi connectivity index (χ3n) is 7.06. The molecule has 2 N–H and O–H groups in total. The minimum atomic E-state index is -0.869. The molecular formula is C29H37N3O3. The molecule has 3 amide bonds. The Kier molecular flexibility index (Phi) is 7.29. The second kappa shape index (κ2) is 10.2. The zero-order valence-electron chi connectivity index (χ0n) is 21.4. The summed E-state index contributed by atoms with van der Waals surface area (Å²) in [6, 6.07) is 13.6. The summed E-state index contributed by atoms with van der Waals surface area (Å²) in [5.41, 5.74) is 4.24. The minimum absolute atomic E-state index is 0.0295. The van der Waals surface area contributed by atoms with E-state index in [9.17, 15) is 14.4 Å². The number of nitrogens with zero attached hydrogens (tertiary/aromatic N) is 1. The lowest BCUT2D eigenvalue weighted by molar-refractivity contribution is -0.158. The molecule has 0 aromatic heterocycles. The Hall–Kier alpha value is -3.15. The second-order valence-electron chi connectivity index (χ2n) is 10.8. The molecule has 0 saturated carbocycles. The number of carbonyl (C=O) groups is 3. The first-order chi connectivity index (χ1) is 16.7. The predicted octanol–water partition coefficient (Wildman–Crippen LogP) is 3.72. The normalized spacial score (nSPS) is 21.3. The first-order valence-electron chi connectivity index (χ1n) is 12.7. The van der Waals surface area contributed by atoms with Crippen molar-refractivity contribution in [2.45, 2.75) is 78.0 Å². The van der Waals surface area contributed by atoms with Crippen LogP contribution in [0, 0.1) is 18.8 Å². The van der Waals surface area contributed by atoms with Gasteiger partial charge in [0.1, 0.15) is 18.1 Å². The van der Waals surface area contributed by atoms with Crippen LogP contribution in [0.4, 0.5) is 0 Å². The van der Waals surface area contributed by atoms with Gasteiger partial charge >= 0.3 is 0 Å². The number of nitrogens with one attached hydrogen (secondary N) is 2. The number of amides is 3. The van der Waals surface area contributed by atoms with Crippen molar-refractivity contribution in [1.29, 1.82) is 0 Å². The fourth-order valence-electron chi connectivity index (χ4n) is 5.42. The van der Waals surface area contributed by atoms with Crippen LogP contribution >= 0.6 is 0 Å². The van der Waals surface area contributed by atoms with Gasteiger partial charge in [-0.15, -0.1) is 0 Å². The van der Waals surface area contributed by atoms with Gasteiger partial charge in [0, 0.05) is 6.04 Å². The molecule has 6 heteroatoms. The molecular weight excluding hydrogens is 438 g/mol. The highest BCUT2D eigenvalue weighted by atomic mass is 16.2. The highest BCUT2D eigenvalue weighted by Crippen LogP contribution is 2.35. The standard InChI is InChI=1S/C29H37N3O3/c1-17(2)14-24-27(33)31-25(23-15-21-8-6-7-9-22(21)16-23)29(35)32(24)26(28(34)30-18(3)4)20-12-10-19(5)11-13-20/h6-13,17-18,23-26H,14-16H2,1-5H3,(H,30,34)(H,31,33)/t24-,25-,26+/m1/s1. The quantitative estimate of drug-likeness (QED) is 0.641. The highest BCUT2D eigenvalue weighted by Gasteiger charge is 2.49. The first kappa shape index (κ1) is 25.0. The van der Waals surface area contributed by atoms with E-state index in [1.54, 1.807) is 4.90 Å². The van der Waals surface area contributed by atoms with E-state index in [1.807, 2.05) is 71.0 Å². The molecule has 35 heavy (non-hydrogen) atoms. The van der Waals surface area contributed by atoms with E-state index in [2.05, 4.69) is 22.8 Å². The van der Waals surface area contributed by atoms with Crippen LogP contribution in [-0.4, -0.2) is 40.7 Å². The SMILES string of the molecule is Cc1ccc([C@@H](C(=O)NC(C)C)N2C(=O)[C@@H](C3Cc4ccccc4C3)NC(=O)[C@H]2CC(C)C)cc1. The monoisotopic (exact) mass is 475 g/mol. The summed E-state index contributed by atoms with van der Waals surface area (Å²) in [6.45, 7) is 9.86. The van der Waals surface area contributed by atoms with Gasteiger partial charge in [0.25, 0.3) is 0 Å². The lowest BCUT2D eigenvalue weighted by Gasteiger charge is -2.45. The van der Waals surface area contributed by atoms with Crippen LogP contribution in [0.3, 0.4) is 0 Å². The Labute approximate surface area is 208 Å². The van der Waals surface area contributed by atoms with Crippen molar-refractivity contribution in [2.75, 3.05) is 0 Å². The fraction of sp³-hybridized carbons (Fsp3) is 0.483. The molecule has 1 saturated heterocycles. The van der Waals surface area contributed by atoms with E-state index in [0.717, 1.165) is 24.0 Å². The number of rotatable bonds is 7. The summed E-state index contributed by atoms with van der Waals surface area (Å²) in [7, 11) is 0. The summed E-state index contributed by atoms with van der Waals surface area (Å²) in [5.74, 6) is -0.446. The van der Waals surface area contributed by atoms with E-state index in [1.165, 1.54) is 11.1 Å². The van der Waals surface area contributed by atoms with Crippen molar-refractivity contribution in [1.82, 2.24) is 15.5 Å². The van der Waals surface area contributed by atoms with Crippen molar-refractivity contribution >= 4 is 17.7 Å². The van der Waals surface area contributed by atoms with Crippen molar-refractivity contribution in [3.8, 4) is 0 Å². The predicted molar refractivity (Wildman–Crippen MR) is 137 cm³/mol. The molecule has 1 fully saturated rings. The molecule has 2 aliphatic rings. The average Bonchev–Trinajstić information content (AvgIpc) is 3.22. The van der Waals surface area contributed by atoms with Gasteiger partial charge in [0.2, 0.25) is 17.7 Å². The first-order valence-corrected chi connectivity index (χ1v) is 12.7. The van der Waals surface area contributed by atoms with Crippen LogP contribution in [0.15, 0.2) is 48.5 Å². The Morgan fingerprint density at radius 2 is 1.60 bits per heavy atom. The second-order valence-corrected chi connectivity index (χ2v) is 10.8. The average molecular weight is 476 g/mol. The van der Waals surface area contributed by atoms with Crippen LogP contribution in [0.25, 0.3) is 0 Å². The van der Waals surface area contributed by atoms with Crippen LogP contribution in [0.2, 0.25) is 0 Å². The summed E-state index contributed by atoms with van der Waals surface area (Å²) in [5, 5.41) is 6.06. The number of piperazine rings is 1. The fourth-order valence-corrected chi connectivity index (χ4v) is 5.42. The van der Waals surface area contributed by atoms with Crippen molar-refractivity contribution in [3.63, 3.8) is 0 Å². The summed E-state index contributed by atoms with van der Waals surface area (Å²) < 4.78 is 0. The van der Waals surface area contributed by atoms with E-state index >= 15 is 0 Å². The number of benzene rings is 2. The number of hydrogen-bond acceptors (Lipinski definition) is 3. The molecule has 1 heterocycles. The maximum absolute atomic E-state index is 14.2. The van der Waals surface area contributed by atoms with Gasteiger partial charge in [0.15, 0.2) is 0 Å². The van der Waals surface area contributed by atoms with Gasteiger partial charge in [-0.2, -0.15) is 0 Å². The lowest BCUT2D eigenvalue weighted by atomic mass is 9.87. The largest absolute Gasteiger partial charge is 0.352 e. The summed E-state index contributed by atoms with van der Waals surface area (Å²) in [6.07, 6.45) is 1.97. The van der Waals surface area contributed by atoms with Gasteiger partial charge < -0.3 is 15.5 Å². The molecule has 6 nitrogen and oxygen atoms in total. The van der Waals surface area contributed by atoms with Crippen molar-refractivity contribution in [3.05, 3.63) is 70.8 Å². The Morgan fingerprint density at radius 1 is 1.00 bits per heavy atom. The Bertz CT molecular complexity index is 1070. The van der Waals surface area contributed by atoms with Crippen molar-refractivity contribution < 1.29 is 14.4 Å². The maximum atomic E-state index is 14.2. The zero-order valence-corrected chi connectivity index (χ0v) is 21.4. The summed E-state index contributed by atoms with van der Waals surface area (Å²) in [4.78, 5) is 42.9. The van der Waals surface area contributed by atoms with E-state index in [0.29, 0.717) is 6.42 Å². The Balaban J connectivity index is 1.74. The molecule has 1 aliphatic heterocycles. The number of carbonyl (C=O) groups excluding carboxylic acids is 3. The van der Waals surface area contributed by atoms with Gasteiger partial charge in [-0.05, 0) is 68.6 Å².